The fourth-order valence-corrected chi connectivity index (χ4v) is 4.45. The maximum absolute atomic E-state index is 13.7. The number of aromatic nitrogens is 2. The topological polar surface area (TPSA) is 87.3 Å². The van der Waals surface area contributed by atoms with Crippen molar-refractivity contribution in [1.82, 2.24) is 20.2 Å². The van der Waals surface area contributed by atoms with Crippen LogP contribution >= 0.6 is 0 Å². The van der Waals surface area contributed by atoms with Gasteiger partial charge in [0.15, 0.2) is 0 Å². The van der Waals surface area contributed by atoms with Gasteiger partial charge in [0, 0.05) is 6.54 Å². The van der Waals surface area contributed by atoms with E-state index in [0.717, 1.165) is 41.9 Å². The first-order chi connectivity index (χ1) is 17.3. The lowest BCUT2D eigenvalue weighted by atomic mass is 9.97. The van der Waals surface area contributed by atoms with E-state index in [0.29, 0.717) is 18.7 Å². The molecule has 4 rings (SSSR count). The Balaban J connectivity index is 1.45. The molecule has 7 heteroatoms. The minimum atomic E-state index is -0.566. The highest BCUT2D eigenvalue weighted by molar-refractivity contribution is 5.83. The zero-order valence-corrected chi connectivity index (χ0v) is 21.6. The number of carbonyl (C=O) groups is 2. The molecule has 36 heavy (non-hydrogen) atoms. The first-order valence-corrected chi connectivity index (χ1v) is 12.7. The lowest BCUT2D eigenvalue weighted by Crippen LogP contribution is -2.49. The third kappa shape index (κ3) is 6.02. The summed E-state index contributed by atoms with van der Waals surface area (Å²) in [6.07, 6.45) is 5.33. The van der Waals surface area contributed by atoms with Crippen molar-refractivity contribution in [2.75, 3.05) is 13.6 Å². The highest BCUT2D eigenvalue weighted by atomic mass is 16.5. The molecule has 0 spiro atoms. The number of imidazole rings is 1. The maximum atomic E-state index is 13.7. The molecule has 3 aromatic rings. The first-order valence-electron chi connectivity index (χ1n) is 12.7. The number of hydrogen-bond donors (Lipinski definition) is 2. The minimum absolute atomic E-state index is 0.0706. The zero-order chi connectivity index (χ0) is 25.7. The molecule has 0 bridgehead atoms. The lowest BCUT2D eigenvalue weighted by Gasteiger charge is -2.37. The van der Waals surface area contributed by atoms with E-state index < -0.39 is 5.41 Å². The van der Waals surface area contributed by atoms with E-state index in [4.69, 9.17) is 4.74 Å². The Labute approximate surface area is 213 Å². The number of rotatable bonds is 7. The number of nitrogens with one attached hydrogen (secondary N) is 2. The molecule has 0 aliphatic carbocycles. The van der Waals surface area contributed by atoms with Crippen LogP contribution in [0.4, 0.5) is 0 Å². The smallest absolute Gasteiger partial charge is 0.316 e. The molecule has 1 amide bonds. The van der Waals surface area contributed by atoms with Gasteiger partial charge in [-0.05, 0) is 76.8 Å². The summed E-state index contributed by atoms with van der Waals surface area (Å²) in [6.45, 7) is 6.19. The highest BCUT2D eigenvalue weighted by Crippen LogP contribution is 2.31. The van der Waals surface area contributed by atoms with E-state index in [1.165, 1.54) is 0 Å². The van der Waals surface area contributed by atoms with Crippen LogP contribution in [0.5, 0.6) is 5.75 Å². The molecule has 7 nitrogen and oxygen atoms in total. The minimum Gasteiger partial charge on any atom is -0.426 e. The van der Waals surface area contributed by atoms with E-state index in [2.05, 4.69) is 15.3 Å². The molecule has 1 aromatic heterocycles. The van der Waals surface area contributed by atoms with Crippen molar-refractivity contribution >= 4 is 11.9 Å². The molecule has 2 atom stereocenters. The number of esters is 1. The van der Waals surface area contributed by atoms with E-state index in [9.17, 15) is 9.59 Å². The van der Waals surface area contributed by atoms with Crippen molar-refractivity contribution < 1.29 is 14.3 Å². The normalized spacial score (nSPS) is 17.0. The van der Waals surface area contributed by atoms with Crippen LogP contribution in [-0.2, 0) is 16.0 Å². The second kappa shape index (κ2) is 11.1. The van der Waals surface area contributed by atoms with Crippen LogP contribution in [0, 0.1) is 5.41 Å². The van der Waals surface area contributed by atoms with Crippen molar-refractivity contribution in [2.45, 2.75) is 58.5 Å². The third-order valence-electron chi connectivity index (χ3n) is 6.61. The second-order valence-electron chi connectivity index (χ2n) is 10.4. The molecule has 2 N–H and O–H groups in total. The van der Waals surface area contributed by atoms with Gasteiger partial charge >= 0.3 is 5.97 Å². The third-order valence-corrected chi connectivity index (χ3v) is 6.61. The molecule has 1 aliphatic heterocycles. The van der Waals surface area contributed by atoms with Crippen molar-refractivity contribution in [2.24, 2.45) is 5.41 Å². The van der Waals surface area contributed by atoms with Gasteiger partial charge in [-0.15, -0.1) is 0 Å². The number of likely N-dealkylation sites (tertiary alicyclic amines) is 1. The number of likely N-dealkylation sites (N-methyl/N-ethyl adjacent to an activating group) is 1. The van der Waals surface area contributed by atoms with Crippen molar-refractivity contribution in [3.63, 3.8) is 0 Å². The van der Waals surface area contributed by atoms with Crippen molar-refractivity contribution in [3.8, 4) is 17.0 Å². The Morgan fingerprint density at radius 2 is 1.83 bits per heavy atom. The number of ether oxygens (including phenoxy) is 1. The quantitative estimate of drug-likeness (QED) is 0.364. The van der Waals surface area contributed by atoms with Gasteiger partial charge in [-0.3, -0.25) is 9.59 Å². The number of hydrogen-bond acceptors (Lipinski definition) is 5. The van der Waals surface area contributed by atoms with Crippen LogP contribution in [0.2, 0.25) is 0 Å². The fraction of sp³-hybridized carbons (Fsp3) is 0.414. The fourth-order valence-electron chi connectivity index (χ4n) is 4.45. The first kappa shape index (κ1) is 25.6. The molecule has 1 saturated heterocycles. The number of carbonyl (C=O) groups excluding carboxylic acids is 2. The number of H-pyrrole nitrogens is 1. The van der Waals surface area contributed by atoms with Gasteiger partial charge in [0.05, 0.1) is 29.4 Å². The largest absolute Gasteiger partial charge is 0.426 e. The average Bonchev–Trinajstić information content (AvgIpc) is 3.38. The Morgan fingerprint density at radius 3 is 2.50 bits per heavy atom. The summed E-state index contributed by atoms with van der Waals surface area (Å²) in [5.41, 5.74) is 2.47. The molecule has 2 aromatic carbocycles. The van der Waals surface area contributed by atoms with E-state index >= 15 is 0 Å². The number of aromatic amines is 1. The second-order valence-corrected chi connectivity index (χ2v) is 10.4. The Kier molecular flexibility index (Phi) is 7.89. The van der Waals surface area contributed by atoms with E-state index in [-0.39, 0.29) is 24.0 Å². The van der Waals surface area contributed by atoms with Crippen LogP contribution in [0.1, 0.15) is 57.5 Å². The molecule has 1 aliphatic rings. The Hall–Kier alpha value is -3.45. The van der Waals surface area contributed by atoms with Gasteiger partial charge in [-0.25, -0.2) is 4.98 Å². The van der Waals surface area contributed by atoms with Gasteiger partial charge in [0.25, 0.3) is 0 Å². The van der Waals surface area contributed by atoms with Crippen LogP contribution < -0.4 is 10.1 Å². The molecule has 0 saturated carbocycles. The highest BCUT2D eigenvalue weighted by Gasteiger charge is 2.33. The standard InChI is InChI=1S/C29H36N4O3/c1-29(2,3)28(35)36-22-15-13-20(14-16-22)18-23(30-4)27(34)33-17-9-8-12-25(33)26-31-19-24(32-26)21-10-6-5-7-11-21/h5-7,10-11,13-16,19,23,25,30H,8-9,12,17-18H2,1-4H3,(H,31,32)/t23-,25-/m0/s1. The van der Waals surface area contributed by atoms with Gasteiger partial charge in [-0.1, -0.05) is 42.5 Å². The number of benzene rings is 2. The molecule has 2 heterocycles. The lowest BCUT2D eigenvalue weighted by molar-refractivity contribution is -0.143. The monoisotopic (exact) mass is 488 g/mol. The molecule has 0 unspecified atom stereocenters. The molecular weight excluding hydrogens is 452 g/mol. The predicted octanol–water partition coefficient (Wildman–Crippen LogP) is 4.91. The van der Waals surface area contributed by atoms with Crippen molar-refractivity contribution in [1.29, 1.82) is 0 Å². The van der Waals surface area contributed by atoms with Gasteiger partial charge in [0.2, 0.25) is 5.91 Å². The van der Waals surface area contributed by atoms with Gasteiger partial charge in [-0.2, -0.15) is 0 Å². The summed E-state index contributed by atoms with van der Waals surface area (Å²) in [5, 5.41) is 3.21. The van der Waals surface area contributed by atoms with Crippen LogP contribution in [0.15, 0.2) is 60.8 Å². The zero-order valence-electron chi connectivity index (χ0n) is 21.6. The Morgan fingerprint density at radius 1 is 1.11 bits per heavy atom. The molecule has 0 radical (unpaired) electrons. The summed E-state index contributed by atoms with van der Waals surface area (Å²) >= 11 is 0. The molecular formula is C29H36N4O3. The van der Waals surface area contributed by atoms with Crippen LogP contribution in [-0.4, -0.2) is 46.4 Å². The number of piperidine rings is 1. The summed E-state index contributed by atoms with van der Waals surface area (Å²) in [7, 11) is 1.82. The van der Waals surface area contributed by atoms with Gasteiger partial charge in [0.1, 0.15) is 11.6 Å². The van der Waals surface area contributed by atoms with E-state index in [1.807, 2.05) is 81.4 Å². The summed E-state index contributed by atoms with van der Waals surface area (Å²) in [4.78, 5) is 35.9. The molecule has 190 valence electrons. The maximum Gasteiger partial charge on any atom is 0.316 e. The molecule has 1 fully saturated rings. The predicted molar refractivity (Wildman–Crippen MR) is 140 cm³/mol. The number of nitrogens with zero attached hydrogens (tertiary/aromatic N) is 2. The SMILES string of the molecule is CN[C@@H](Cc1ccc(OC(=O)C(C)(C)C)cc1)C(=O)N1CCCC[C@H]1c1ncc(-c2ccccc2)[nH]1. The van der Waals surface area contributed by atoms with Crippen LogP contribution in [0.25, 0.3) is 11.3 Å². The summed E-state index contributed by atoms with van der Waals surface area (Å²) in [5.74, 6) is 1.14. The summed E-state index contributed by atoms with van der Waals surface area (Å²) < 4.78 is 5.46. The average molecular weight is 489 g/mol. The number of amides is 1. The summed E-state index contributed by atoms with van der Waals surface area (Å²) in [6, 6.07) is 17.1. The van der Waals surface area contributed by atoms with E-state index in [1.54, 1.807) is 12.1 Å². The van der Waals surface area contributed by atoms with Crippen LogP contribution in [0.3, 0.4) is 0 Å². The van der Waals surface area contributed by atoms with Crippen molar-refractivity contribution in [3.05, 3.63) is 72.2 Å². The Bertz CT molecular complexity index is 1170. The van der Waals surface area contributed by atoms with Gasteiger partial charge < -0.3 is 19.9 Å².